The fourth-order valence-electron chi connectivity index (χ4n) is 3.65. The number of nitrogens with zero attached hydrogens (tertiary/aromatic N) is 4. The predicted molar refractivity (Wildman–Crippen MR) is 114 cm³/mol. The van der Waals surface area contributed by atoms with Gasteiger partial charge in [-0.1, -0.05) is 0 Å². The van der Waals surface area contributed by atoms with Crippen molar-refractivity contribution < 1.29 is 13.9 Å². The van der Waals surface area contributed by atoms with Crippen LogP contribution < -0.4 is 10.6 Å². The number of H-pyrrole nitrogens is 1. The number of aromatic amines is 1. The highest BCUT2D eigenvalue weighted by Crippen LogP contribution is 2.29. The largest absolute Gasteiger partial charge is 0.376 e. The van der Waals surface area contributed by atoms with Gasteiger partial charge in [-0.05, 0) is 25.1 Å². The number of halogens is 1. The highest BCUT2D eigenvalue weighted by Gasteiger charge is 2.19. The topological polar surface area (TPSA) is 110 Å². The summed E-state index contributed by atoms with van der Waals surface area (Å²) >= 11 is 0. The van der Waals surface area contributed by atoms with Crippen molar-refractivity contribution in [3.05, 3.63) is 48.3 Å². The Hall–Kier alpha value is -3.37. The monoisotopic (exact) mass is 423 g/mol. The normalized spacial score (nSPS) is 17.7. The number of benzene rings is 1. The lowest BCUT2D eigenvalue weighted by Gasteiger charge is -2.25. The Labute approximate surface area is 177 Å². The van der Waals surface area contributed by atoms with E-state index in [0.29, 0.717) is 49.2 Å². The van der Waals surface area contributed by atoms with Gasteiger partial charge in [0.05, 0.1) is 43.8 Å². The molecule has 1 aliphatic rings. The highest BCUT2D eigenvalue weighted by molar-refractivity contribution is 5.84. The minimum atomic E-state index is -0.323. The summed E-state index contributed by atoms with van der Waals surface area (Å²) in [5.41, 5.74) is 2.82. The van der Waals surface area contributed by atoms with Crippen molar-refractivity contribution >= 4 is 33.7 Å². The number of anilines is 2. The molecule has 0 saturated carbocycles. The molecule has 0 amide bonds. The fourth-order valence-corrected chi connectivity index (χ4v) is 3.65. The number of hydrogen-bond acceptors (Lipinski definition) is 8. The lowest BCUT2D eigenvalue weighted by Crippen LogP contribution is -2.34. The second kappa shape index (κ2) is 8.40. The number of fused-ring (bicyclic) bond motifs is 2. The van der Waals surface area contributed by atoms with Crippen LogP contribution in [-0.2, 0) is 9.47 Å². The number of nitrogens with one attached hydrogen (secondary N) is 3. The quantitative estimate of drug-likeness (QED) is 0.434. The van der Waals surface area contributed by atoms with Crippen molar-refractivity contribution in [3.8, 4) is 0 Å². The van der Waals surface area contributed by atoms with Crippen molar-refractivity contribution in [1.29, 1.82) is 0 Å². The summed E-state index contributed by atoms with van der Waals surface area (Å²) in [5.74, 6) is 0.975. The molecule has 160 valence electrons. The molecule has 3 aromatic heterocycles. The molecular formula is C21H22FN7O2. The Morgan fingerprint density at radius 3 is 3.00 bits per heavy atom. The summed E-state index contributed by atoms with van der Waals surface area (Å²) in [6.07, 6.45) is 2.99. The highest BCUT2D eigenvalue weighted by atomic mass is 19.1. The van der Waals surface area contributed by atoms with E-state index in [9.17, 15) is 4.39 Å². The van der Waals surface area contributed by atoms with E-state index < -0.39 is 0 Å². The molecule has 0 aliphatic carbocycles. The third-order valence-electron chi connectivity index (χ3n) is 5.23. The Bertz CT molecular complexity index is 1210. The minimum absolute atomic E-state index is 0.0682. The Morgan fingerprint density at radius 1 is 1.19 bits per heavy atom. The van der Waals surface area contributed by atoms with Crippen LogP contribution in [0.2, 0.25) is 0 Å². The number of ether oxygens (including phenoxy) is 2. The van der Waals surface area contributed by atoms with Gasteiger partial charge in [-0.2, -0.15) is 0 Å². The van der Waals surface area contributed by atoms with Crippen LogP contribution in [-0.4, -0.2) is 57.4 Å². The predicted octanol–water partition coefficient (Wildman–Crippen LogP) is 3.04. The van der Waals surface area contributed by atoms with E-state index in [1.165, 1.54) is 18.5 Å². The Balaban J connectivity index is 1.47. The third kappa shape index (κ3) is 4.12. The van der Waals surface area contributed by atoms with Crippen molar-refractivity contribution in [3.63, 3.8) is 0 Å². The lowest BCUT2D eigenvalue weighted by atomic mass is 10.1. The van der Waals surface area contributed by atoms with Crippen LogP contribution in [0.4, 0.5) is 16.0 Å². The lowest BCUT2D eigenvalue weighted by molar-refractivity contribution is -0.0819. The second-order valence-corrected chi connectivity index (χ2v) is 7.40. The van der Waals surface area contributed by atoms with Crippen molar-refractivity contribution in [2.24, 2.45) is 0 Å². The smallest absolute Gasteiger partial charge is 0.182 e. The Morgan fingerprint density at radius 2 is 2.13 bits per heavy atom. The Kier molecular flexibility index (Phi) is 5.31. The molecule has 0 bridgehead atoms. The van der Waals surface area contributed by atoms with Gasteiger partial charge in [-0.15, -0.1) is 0 Å². The van der Waals surface area contributed by atoms with E-state index in [-0.39, 0.29) is 18.0 Å². The number of aromatic nitrogens is 5. The summed E-state index contributed by atoms with van der Waals surface area (Å²) in [4.78, 5) is 20.4. The molecule has 4 heterocycles. The van der Waals surface area contributed by atoms with Crippen LogP contribution in [0.25, 0.3) is 22.1 Å². The molecule has 1 aromatic carbocycles. The van der Waals surface area contributed by atoms with E-state index in [1.54, 1.807) is 12.4 Å². The number of rotatable bonds is 6. The molecule has 1 saturated heterocycles. The maximum absolute atomic E-state index is 13.8. The van der Waals surface area contributed by atoms with Gasteiger partial charge in [0.2, 0.25) is 0 Å². The first kappa shape index (κ1) is 19.6. The molecular weight excluding hydrogens is 401 g/mol. The van der Waals surface area contributed by atoms with Gasteiger partial charge < -0.3 is 25.1 Å². The molecule has 0 radical (unpaired) electrons. The zero-order valence-electron chi connectivity index (χ0n) is 16.9. The van der Waals surface area contributed by atoms with Crippen LogP contribution in [0.3, 0.4) is 0 Å². The third-order valence-corrected chi connectivity index (χ3v) is 5.23. The summed E-state index contributed by atoms with van der Waals surface area (Å²) in [6.45, 7) is 4.25. The molecule has 2 atom stereocenters. The van der Waals surface area contributed by atoms with Crippen molar-refractivity contribution in [2.75, 3.05) is 37.0 Å². The van der Waals surface area contributed by atoms with E-state index in [0.717, 1.165) is 16.5 Å². The van der Waals surface area contributed by atoms with Crippen LogP contribution in [0.15, 0.2) is 36.9 Å². The molecule has 10 heteroatoms. The summed E-state index contributed by atoms with van der Waals surface area (Å²) in [7, 11) is 0. The van der Waals surface area contributed by atoms with Gasteiger partial charge in [-0.25, -0.2) is 24.3 Å². The second-order valence-electron chi connectivity index (χ2n) is 7.40. The van der Waals surface area contributed by atoms with E-state index >= 15 is 0 Å². The molecule has 1 aliphatic heterocycles. The zero-order chi connectivity index (χ0) is 21.2. The average Bonchev–Trinajstić information content (AvgIpc) is 3.27. The van der Waals surface area contributed by atoms with Crippen molar-refractivity contribution in [2.45, 2.75) is 19.1 Å². The number of hydrogen-bond donors (Lipinski definition) is 3. The average molecular weight is 423 g/mol. The SMILES string of the molecule is CC(Nc1ncnc2nc[nH]c12)c1cc2ccc(F)cc2nc1NC[C@H]1COCCO1. The van der Waals surface area contributed by atoms with Gasteiger partial charge in [-0.3, -0.25) is 0 Å². The molecule has 0 spiro atoms. The zero-order valence-corrected chi connectivity index (χ0v) is 16.9. The van der Waals surface area contributed by atoms with Gasteiger partial charge >= 0.3 is 0 Å². The van der Waals surface area contributed by atoms with Crippen LogP contribution in [0.1, 0.15) is 18.5 Å². The van der Waals surface area contributed by atoms with Crippen LogP contribution in [0, 0.1) is 5.82 Å². The molecule has 31 heavy (non-hydrogen) atoms. The minimum Gasteiger partial charge on any atom is -0.376 e. The van der Waals surface area contributed by atoms with E-state index in [1.807, 2.05) is 13.0 Å². The molecule has 4 aromatic rings. The summed E-state index contributed by atoms with van der Waals surface area (Å²) in [6, 6.07) is 6.44. The first-order valence-corrected chi connectivity index (χ1v) is 10.1. The molecule has 5 rings (SSSR count). The summed E-state index contributed by atoms with van der Waals surface area (Å²) < 4.78 is 25.0. The maximum atomic E-state index is 13.8. The van der Waals surface area contributed by atoms with E-state index in [2.05, 4.69) is 30.6 Å². The first-order valence-electron chi connectivity index (χ1n) is 10.1. The summed E-state index contributed by atoms with van der Waals surface area (Å²) in [5, 5.41) is 7.62. The van der Waals surface area contributed by atoms with Gasteiger partial charge in [0.1, 0.15) is 23.5 Å². The van der Waals surface area contributed by atoms with Crippen LogP contribution >= 0.6 is 0 Å². The number of pyridine rings is 1. The van der Waals surface area contributed by atoms with Gasteiger partial charge in [0.15, 0.2) is 11.5 Å². The van der Waals surface area contributed by atoms with Crippen molar-refractivity contribution in [1.82, 2.24) is 24.9 Å². The van der Waals surface area contributed by atoms with Crippen LogP contribution in [0.5, 0.6) is 0 Å². The van der Waals surface area contributed by atoms with Gasteiger partial charge in [0.25, 0.3) is 0 Å². The molecule has 3 N–H and O–H groups in total. The standard InChI is InChI=1S/C21H22FN7O2/c1-12(28-21-18-20(25-10-24-18)26-11-27-21)16-6-13-2-3-14(22)7-17(13)29-19(16)23-8-15-9-30-4-5-31-15/h2-3,6-7,10-12,15H,4-5,8-9H2,1H3,(H,23,29)(H2,24,25,26,27,28)/t12?,15-/m0/s1. The van der Waals surface area contributed by atoms with Gasteiger partial charge in [0, 0.05) is 23.6 Å². The number of imidazole rings is 1. The maximum Gasteiger partial charge on any atom is 0.182 e. The molecule has 1 fully saturated rings. The van der Waals surface area contributed by atoms with E-state index in [4.69, 9.17) is 14.5 Å². The molecule has 1 unspecified atom stereocenters. The molecule has 9 nitrogen and oxygen atoms in total. The first-order chi connectivity index (χ1) is 15.2. The fraction of sp³-hybridized carbons (Fsp3) is 0.333.